The van der Waals surface area contributed by atoms with Gasteiger partial charge in [-0.25, -0.2) is 0 Å². The topological polar surface area (TPSA) is 17.8 Å². The number of rotatable bonds is 0. The molecule has 0 fully saturated rings. The second-order valence-corrected chi connectivity index (χ2v) is 4.75. The number of aryl methyl sites for hydroxylation is 1. The molecular formula is C13H16N2. The monoisotopic (exact) mass is 200 g/mol. The van der Waals surface area contributed by atoms with Crippen LogP contribution in [0.25, 0.3) is 0 Å². The van der Waals surface area contributed by atoms with E-state index >= 15 is 0 Å². The van der Waals surface area contributed by atoms with Gasteiger partial charge in [-0.05, 0) is 31.2 Å². The van der Waals surface area contributed by atoms with Crippen molar-refractivity contribution in [1.82, 2.24) is 9.78 Å². The van der Waals surface area contributed by atoms with E-state index in [0.29, 0.717) is 11.8 Å². The number of hydrogen-bond acceptors (Lipinski definition) is 1. The Morgan fingerprint density at radius 2 is 2.33 bits per heavy atom. The third-order valence-corrected chi connectivity index (χ3v) is 3.45. The van der Waals surface area contributed by atoms with Gasteiger partial charge in [0, 0.05) is 19.2 Å². The van der Waals surface area contributed by atoms with Crippen LogP contribution in [-0.4, -0.2) is 9.78 Å². The van der Waals surface area contributed by atoms with Gasteiger partial charge in [-0.1, -0.05) is 23.8 Å². The van der Waals surface area contributed by atoms with E-state index in [1.54, 1.807) is 0 Å². The Hall–Kier alpha value is -1.31. The molecule has 15 heavy (non-hydrogen) atoms. The van der Waals surface area contributed by atoms with E-state index in [1.165, 1.54) is 16.8 Å². The van der Waals surface area contributed by atoms with Crippen molar-refractivity contribution < 1.29 is 0 Å². The Morgan fingerprint density at radius 1 is 1.47 bits per heavy atom. The lowest BCUT2D eigenvalue weighted by Gasteiger charge is -2.11. The predicted octanol–water partition coefficient (Wildman–Crippen LogP) is 2.58. The Bertz CT molecular complexity index is 451. The summed E-state index contributed by atoms with van der Waals surface area (Å²) in [6, 6.07) is 0. The summed E-state index contributed by atoms with van der Waals surface area (Å²) in [5.74, 6) is 1.18. The lowest BCUT2D eigenvalue weighted by Crippen LogP contribution is -2.05. The van der Waals surface area contributed by atoms with Crippen LogP contribution in [0.2, 0.25) is 0 Å². The van der Waals surface area contributed by atoms with Crippen LogP contribution >= 0.6 is 0 Å². The first-order valence-corrected chi connectivity index (χ1v) is 5.60. The van der Waals surface area contributed by atoms with Crippen molar-refractivity contribution in [3.63, 3.8) is 0 Å². The van der Waals surface area contributed by atoms with E-state index in [4.69, 9.17) is 0 Å². The number of fused-ring (bicyclic) bond motifs is 3. The zero-order valence-corrected chi connectivity index (χ0v) is 9.27. The van der Waals surface area contributed by atoms with Gasteiger partial charge in [0.1, 0.15) is 0 Å². The van der Waals surface area contributed by atoms with Crippen molar-refractivity contribution in [3.8, 4) is 0 Å². The molecule has 0 saturated heterocycles. The van der Waals surface area contributed by atoms with Gasteiger partial charge >= 0.3 is 0 Å². The fraction of sp³-hybridized carbons (Fsp3) is 0.462. The molecule has 2 heteroatoms. The molecule has 0 N–H and O–H groups in total. The predicted molar refractivity (Wildman–Crippen MR) is 60.7 cm³/mol. The summed E-state index contributed by atoms with van der Waals surface area (Å²) in [7, 11) is 2.01. The minimum absolute atomic E-state index is 0.527. The highest BCUT2D eigenvalue weighted by Gasteiger charge is 2.32. The Balaban J connectivity index is 2.05. The van der Waals surface area contributed by atoms with Crippen molar-refractivity contribution in [2.45, 2.75) is 25.7 Å². The summed E-state index contributed by atoms with van der Waals surface area (Å²) in [6.07, 6.45) is 11.5. The largest absolute Gasteiger partial charge is 0.275 e. The number of allylic oxidation sites excluding steroid dienone is 4. The Morgan fingerprint density at radius 3 is 3.20 bits per heavy atom. The van der Waals surface area contributed by atoms with Crippen LogP contribution in [0.15, 0.2) is 30.0 Å². The van der Waals surface area contributed by atoms with Crippen LogP contribution in [0.5, 0.6) is 0 Å². The first-order chi connectivity index (χ1) is 7.24. The molecule has 3 rings (SSSR count). The van der Waals surface area contributed by atoms with Crippen molar-refractivity contribution in [3.05, 3.63) is 41.3 Å². The highest BCUT2D eigenvalue weighted by Crippen LogP contribution is 2.40. The molecule has 2 aliphatic carbocycles. The molecule has 2 nitrogen and oxygen atoms in total. The zero-order valence-electron chi connectivity index (χ0n) is 9.27. The summed E-state index contributed by atoms with van der Waals surface area (Å²) in [5.41, 5.74) is 4.22. The quantitative estimate of drug-likeness (QED) is 0.588. The average molecular weight is 200 g/mol. The summed E-state index contributed by atoms with van der Waals surface area (Å²) in [5, 5.41) is 4.58. The van der Waals surface area contributed by atoms with Gasteiger partial charge < -0.3 is 0 Å². The molecule has 2 unspecified atom stereocenters. The number of nitrogens with zero attached hydrogens (tertiary/aromatic N) is 2. The first kappa shape index (κ1) is 8.96. The molecule has 78 valence electrons. The van der Waals surface area contributed by atoms with E-state index in [9.17, 15) is 0 Å². The van der Waals surface area contributed by atoms with Crippen molar-refractivity contribution >= 4 is 0 Å². The maximum atomic E-state index is 4.58. The molecule has 1 aromatic rings. The van der Waals surface area contributed by atoms with Crippen LogP contribution in [0.4, 0.5) is 0 Å². The van der Waals surface area contributed by atoms with Gasteiger partial charge in [0.15, 0.2) is 0 Å². The van der Waals surface area contributed by atoms with Gasteiger partial charge in [0.05, 0.1) is 5.69 Å². The molecule has 0 radical (unpaired) electrons. The fourth-order valence-corrected chi connectivity index (χ4v) is 2.81. The van der Waals surface area contributed by atoms with Crippen LogP contribution in [-0.2, 0) is 13.5 Å². The SMILES string of the molecule is CC1=CC2Cc3cn(C)nc3C2C=CC1. The molecule has 1 heterocycles. The minimum atomic E-state index is 0.527. The molecule has 2 aliphatic rings. The van der Waals surface area contributed by atoms with E-state index in [2.05, 4.69) is 36.4 Å². The summed E-state index contributed by atoms with van der Waals surface area (Å²) < 4.78 is 1.94. The van der Waals surface area contributed by atoms with E-state index in [1.807, 2.05) is 11.7 Å². The van der Waals surface area contributed by atoms with Gasteiger partial charge in [-0.3, -0.25) is 4.68 Å². The molecule has 0 bridgehead atoms. The zero-order chi connectivity index (χ0) is 10.4. The van der Waals surface area contributed by atoms with Gasteiger partial charge in [-0.15, -0.1) is 0 Å². The average Bonchev–Trinajstić information content (AvgIpc) is 2.58. The second-order valence-electron chi connectivity index (χ2n) is 4.75. The van der Waals surface area contributed by atoms with Gasteiger partial charge in [0.2, 0.25) is 0 Å². The number of aromatic nitrogens is 2. The smallest absolute Gasteiger partial charge is 0.0731 e. The summed E-state index contributed by atoms with van der Waals surface area (Å²) >= 11 is 0. The van der Waals surface area contributed by atoms with Crippen LogP contribution in [0.3, 0.4) is 0 Å². The lowest BCUT2D eigenvalue weighted by molar-refractivity contribution is 0.601. The highest BCUT2D eigenvalue weighted by molar-refractivity contribution is 5.36. The summed E-state index contributed by atoms with van der Waals surface area (Å²) in [6.45, 7) is 2.23. The molecule has 0 amide bonds. The Labute approximate surface area is 90.3 Å². The van der Waals surface area contributed by atoms with E-state index in [0.717, 1.165) is 12.8 Å². The third kappa shape index (κ3) is 1.36. The van der Waals surface area contributed by atoms with Crippen molar-refractivity contribution in [2.24, 2.45) is 13.0 Å². The molecule has 0 saturated carbocycles. The number of hydrogen-bond donors (Lipinski definition) is 0. The molecule has 1 aromatic heterocycles. The second kappa shape index (κ2) is 3.09. The normalized spacial score (nSPS) is 28.3. The highest BCUT2D eigenvalue weighted by atomic mass is 15.3. The minimum Gasteiger partial charge on any atom is -0.275 e. The van der Waals surface area contributed by atoms with Crippen LogP contribution < -0.4 is 0 Å². The summed E-state index contributed by atoms with van der Waals surface area (Å²) in [4.78, 5) is 0. The lowest BCUT2D eigenvalue weighted by atomic mass is 9.94. The first-order valence-electron chi connectivity index (χ1n) is 5.60. The molecule has 0 spiro atoms. The van der Waals surface area contributed by atoms with Crippen LogP contribution in [0, 0.1) is 5.92 Å². The van der Waals surface area contributed by atoms with E-state index in [-0.39, 0.29) is 0 Å². The molecule has 0 aliphatic heterocycles. The Kier molecular flexibility index (Phi) is 1.84. The van der Waals surface area contributed by atoms with Gasteiger partial charge in [0.25, 0.3) is 0 Å². The van der Waals surface area contributed by atoms with Crippen molar-refractivity contribution in [2.75, 3.05) is 0 Å². The third-order valence-electron chi connectivity index (χ3n) is 3.45. The maximum Gasteiger partial charge on any atom is 0.0731 e. The van der Waals surface area contributed by atoms with Gasteiger partial charge in [-0.2, -0.15) is 5.10 Å². The molecular weight excluding hydrogens is 184 g/mol. The standard InChI is InChI=1S/C13H16N2/c1-9-4-3-5-12-10(6-9)7-11-8-15(2)14-13(11)12/h3,5-6,8,10,12H,4,7H2,1-2H3. The fourth-order valence-electron chi connectivity index (χ4n) is 2.81. The molecule has 0 aromatic carbocycles. The van der Waals surface area contributed by atoms with Crippen LogP contribution in [0.1, 0.15) is 30.5 Å². The van der Waals surface area contributed by atoms with E-state index < -0.39 is 0 Å². The molecule has 2 atom stereocenters. The van der Waals surface area contributed by atoms with Crippen molar-refractivity contribution in [1.29, 1.82) is 0 Å². The maximum absolute atomic E-state index is 4.58.